The average molecular weight is 257 g/mol. The first-order valence-corrected chi connectivity index (χ1v) is 6.02. The van der Waals surface area contributed by atoms with Gasteiger partial charge in [-0.05, 0) is 30.3 Å². The van der Waals surface area contributed by atoms with E-state index in [1.807, 2.05) is 55.6 Å². The Hall–Kier alpha value is -1.94. The van der Waals surface area contributed by atoms with Gasteiger partial charge in [-0.1, -0.05) is 31.0 Å². The maximum absolute atomic E-state index is 7.42. The van der Waals surface area contributed by atoms with Crippen molar-refractivity contribution in [3.05, 3.63) is 54.1 Å². The number of thiol groups is 1. The zero-order valence-corrected chi connectivity index (χ0v) is 11.0. The molecule has 0 fully saturated rings. The molecule has 2 N–H and O–H groups in total. The first kappa shape index (κ1) is 12.5. The molecular weight excluding hydrogens is 242 g/mol. The minimum Gasteiger partial charge on any atom is -0.388 e. The highest BCUT2D eigenvalue weighted by atomic mass is 32.1. The average Bonchev–Trinajstić information content (AvgIpc) is 2.46. The third kappa shape index (κ3) is 2.49. The van der Waals surface area contributed by atoms with Crippen LogP contribution in [0, 0.1) is 5.41 Å². The highest BCUT2D eigenvalue weighted by Gasteiger charge is 2.07. The number of hydrogen-bond donors (Lipinski definition) is 3. The van der Waals surface area contributed by atoms with E-state index in [4.69, 9.17) is 5.41 Å². The lowest BCUT2D eigenvalue weighted by Gasteiger charge is -2.19. The summed E-state index contributed by atoms with van der Waals surface area (Å²) < 4.78 is 1.80. The highest BCUT2D eigenvalue weighted by Crippen LogP contribution is 2.29. The molecule has 0 spiro atoms. The summed E-state index contributed by atoms with van der Waals surface area (Å²) in [4.78, 5) is 0. The molecule has 3 nitrogen and oxygen atoms in total. The van der Waals surface area contributed by atoms with E-state index >= 15 is 0 Å². The minimum absolute atomic E-state index is 0.838. The molecule has 0 bridgehead atoms. The predicted molar refractivity (Wildman–Crippen MR) is 81.4 cm³/mol. The number of nitrogens with one attached hydrogen (secondary N) is 2. The van der Waals surface area contributed by atoms with Crippen LogP contribution in [0.15, 0.2) is 48.5 Å². The Morgan fingerprint density at radius 3 is 2.44 bits per heavy atom. The molecule has 0 unspecified atom stereocenters. The number of nitrogens with zero attached hydrogens (tertiary/aromatic N) is 1. The molecule has 0 aliphatic rings. The molecule has 92 valence electrons. The summed E-state index contributed by atoms with van der Waals surface area (Å²) in [6, 6.07) is 15.7. The van der Waals surface area contributed by atoms with Crippen molar-refractivity contribution in [2.24, 2.45) is 0 Å². The predicted octanol–water partition coefficient (Wildman–Crippen LogP) is 3.71. The van der Waals surface area contributed by atoms with Crippen molar-refractivity contribution in [1.29, 1.82) is 5.41 Å². The minimum atomic E-state index is 0.838. The summed E-state index contributed by atoms with van der Waals surface area (Å²) in [5, 5.41) is 10.5. The summed E-state index contributed by atoms with van der Waals surface area (Å²) >= 11 is 4.50. The highest BCUT2D eigenvalue weighted by molar-refractivity contribution is 7.82. The van der Waals surface area contributed by atoms with Crippen LogP contribution < -0.4 is 9.62 Å². The van der Waals surface area contributed by atoms with Crippen molar-refractivity contribution in [3.8, 4) is 0 Å². The van der Waals surface area contributed by atoms with Crippen molar-refractivity contribution in [3.63, 3.8) is 0 Å². The number of hydrogen-bond acceptors (Lipinski definition) is 4. The van der Waals surface area contributed by atoms with Crippen molar-refractivity contribution in [2.45, 2.75) is 0 Å². The van der Waals surface area contributed by atoms with Gasteiger partial charge in [-0.25, -0.2) is 0 Å². The molecule has 0 aliphatic carbocycles. The lowest BCUT2D eigenvalue weighted by Crippen LogP contribution is -2.03. The van der Waals surface area contributed by atoms with Crippen LogP contribution in [0.25, 0.3) is 0 Å². The third-order valence-corrected chi connectivity index (χ3v) is 3.17. The van der Waals surface area contributed by atoms with Crippen LogP contribution in [-0.2, 0) is 0 Å². The first-order valence-electron chi connectivity index (χ1n) is 5.62. The molecule has 0 heterocycles. The molecule has 2 rings (SSSR count). The first-order chi connectivity index (χ1) is 8.76. The molecule has 4 heteroatoms. The second kappa shape index (κ2) is 5.60. The van der Waals surface area contributed by atoms with Gasteiger partial charge in [-0.3, -0.25) is 4.31 Å². The molecule has 0 atom stereocenters. The fourth-order valence-corrected chi connectivity index (χ4v) is 2.00. The van der Waals surface area contributed by atoms with E-state index in [1.54, 1.807) is 4.31 Å². The zero-order chi connectivity index (χ0) is 13.0. The van der Waals surface area contributed by atoms with Crippen molar-refractivity contribution in [1.82, 2.24) is 0 Å². The van der Waals surface area contributed by atoms with Gasteiger partial charge < -0.3 is 10.7 Å². The van der Waals surface area contributed by atoms with Gasteiger partial charge >= 0.3 is 0 Å². The monoisotopic (exact) mass is 257 g/mol. The van der Waals surface area contributed by atoms with E-state index in [-0.39, 0.29) is 0 Å². The van der Waals surface area contributed by atoms with Crippen LogP contribution in [0.5, 0.6) is 0 Å². The van der Waals surface area contributed by atoms with E-state index in [2.05, 4.69) is 18.1 Å². The summed E-state index contributed by atoms with van der Waals surface area (Å²) in [7, 11) is 1.84. The van der Waals surface area contributed by atoms with Gasteiger partial charge in [0.1, 0.15) is 0 Å². The molecule has 0 saturated carbocycles. The largest absolute Gasteiger partial charge is 0.388 e. The molecule has 2 aromatic rings. The molecule has 0 aromatic heterocycles. The van der Waals surface area contributed by atoms with Gasteiger partial charge in [0.15, 0.2) is 0 Å². The Labute approximate surface area is 113 Å². The smallest absolute Gasteiger partial charge is 0.0530 e. The molecule has 0 radical (unpaired) electrons. The second-order valence-electron chi connectivity index (χ2n) is 3.81. The normalized spacial score (nSPS) is 9.89. The maximum Gasteiger partial charge on any atom is 0.0530 e. The lowest BCUT2D eigenvalue weighted by molar-refractivity contribution is 1.41. The summed E-state index contributed by atoms with van der Waals surface area (Å²) in [6.45, 7) is 0. The van der Waals surface area contributed by atoms with E-state index in [0.717, 1.165) is 22.6 Å². The quantitative estimate of drug-likeness (QED) is 0.577. The second-order valence-corrected chi connectivity index (χ2v) is 4.21. The van der Waals surface area contributed by atoms with Crippen LogP contribution in [-0.4, -0.2) is 13.3 Å². The van der Waals surface area contributed by atoms with E-state index in [1.165, 1.54) is 6.21 Å². The van der Waals surface area contributed by atoms with Crippen LogP contribution in [0.1, 0.15) is 5.56 Å². The van der Waals surface area contributed by atoms with Gasteiger partial charge in [-0.15, -0.1) is 0 Å². The van der Waals surface area contributed by atoms with Crippen LogP contribution in [0.4, 0.5) is 17.1 Å². The zero-order valence-electron chi connectivity index (χ0n) is 10.1. The van der Waals surface area contributed by atoms with Crippen LogP contribution in [0.3, 0.4) is 0 Å². The van der Waals surface area contributed by atoms with Crippen LogP contribution in [0.2, 0.25) is 0 Å². The Morgan fingerprint density at radius 1 is 1.11 bits per heavy atom. The molecule has 0 aliphatic heterocycles. The van der Waals surface area contributed by atoms with E-state index in [0.29, 0.717) is 0 Å². The van der Waals surface area contributed by atoms with E-state index < -0.39 is 0 Å². The standard InChI is InChI=1S/C14H15N3S/c1-16-14-8-7-13(9-11(14)10-15)17(18)12-5-3-2-4-6-12/h2-10,15-16,18H,1H3. The molecule has 2 aromatic carbocycles. The Bertz CT molecular complexity index is 540. The third-order valence-electron chi connectivity index (χ3n) is 2.71. The van der Waals surface area contributed by atoms with Crippen LogP contribution >= 0.6 is 12.8 Å². The summed E-state index contributed by atoms with van der Waals surface area (Å²) in [6.07, 6.45) is 1.34. The number of benzene rings is 2. The Kier molecular flexibility index (Phi) is 3.89. The van der Waals surface area contributed by atoms with Crippen molar-refractivity contribution >= 4 is 36.1 Å². The molecule has 0 saturated heterocycles. The number of anilines is 3. The van der Waals surface area contributed by atoms with Gasteiger partial charge in [0.25, 0.3) is 0 Å². The van der Waals surface area contributed by atoms with Gasteiger partial charge in [0.05, 0.1) is 11.4 Å². The maximum atomic E-state index is 7.42. The molecular formula is C14H15N3S. The van der Waals surface area contributed by atoms with Gasteiger partial charge in [0.2, 0.25) is 0 Å². The number of rotatable bonds is 4. The van der Waals surface area contributed by atoms with Gasteiger partial charge in [-0.2, -0.15) is 0 Å². The Morgan fingerprint density at radius 2 is 1.83 bits per heavy atom. The SMILES string of the molecule is CNc1ccc(N(S)c2ccccc2)cc1C=N. The number of para-hydroxylation sites is 1. The lowest BCUT2D eigenvalue weighted by atomic mass is 10.1. The summed E-state index contributed by atoms with van der Waals surface area (Å²) in [5.41, 5.74) is 3.70. The molecule has 18 heavy (non-hydrogen) atoms. The topological polar surface area (TPSA) is 39.1 Å². The fraction of sp³-hybridized carbons (Fsp3) is 0.0714. The van der Waals surface area contributed by atoms with Gasteiger partial charge in [0, 0.05) is 24.5 Å². The fourth-order valence-electron chi connectivity index (χ4n) is 1.75. The van der Waals surface area contributed by atoms with E-state index in [9.17, 15) is 0 Å². The van der Waals surface area contributed by atoms with Crippen molar-refractivity contribution in [2.75, 3.05) is 16.7 Å². The Balaban J connectivity index is 2.37. The molecule has 0 amide bonds. The van der Waals surface area contributed by atoms with Crippen molar-refractivity contribution < 1.29 is 0 Å². The summed E-state index contributed by atoms with van der Waals surface area (Å²) in [5.74, 6) is 0.